The SMILES string of the molecule is COc1ccc(CC(NN)C2CC2)cc1Br. The van der Waals surface area contributed by atoms with Crippen molar-refractivity contribution >= 4 is 15.9 Å². The van der Waals surface area contributed by atoms with Gasteiger partial charge in [-0.25, -0.2) is 0 Å². The van der Waals surface area contributed by atoms with Crippen molar-refractivity contribution in [2.75, 3.05) is 7.11 Å². The molecule has 0 aromatic heterocycles. The molecule has 4 heteroatoms. The van der Waals surface area contributed by atoms with Gasteiger partial charge in [0.1, 0.15) is 5.75 Å². The van der Waals surface area contributed by atoms with E-state index in [1.54, 1.807) is 7.11 Å². The van der Waals surface area contributed by atoms with Crippen LogP contribution in [0.25, 0.3) is 0 Å². The Labute approximate surface area is 104 Å². The molecule has 0 heterocycles. The third kappa shape index (κ3) is 2.75. The highest BCUT2D eigenvalue weighted by atomic mass is 79.9. The van der Waals surface area contributed by atoms with Crippen LogP contribution in [0.15, 0.2) is 22.7 Å². The lowest BCUT2D eigenvalue weighted by Gasteiger charge is -2.15. The molecular weight excluding hydrogens is 268 g/mol. The summed E-state index contributed by atoms with van der Waals surface area (Å²) in [5.74, 6) is 7.19. The summed E-state index contributed by atoms with van der Waals surface area (Å²) in [5.41, 5.74) is 4.19. The Balaban J connectivity index is 2.05. The fraction of sp³-hybridized carbons (Fsp3) is 0.500. The van der Waals surface area contributed by atoms with E-state index in [-0.39, 0.29) is 0 Å². The summed E-state index contributed by atoms with van der Waals surface area (Å²) >= 11 is 3.50. The first kappa shape index (κ1) is 11.9. The van der Waals surface area contributed by atoms with Crippen LogP contribution in [-0.4, -0.2) is 13.2 Å². The molecule has 88 valence electrons. The minimum absolute atomic E-state index is 0.403. The third-order valence-corrected chi connectivity index (χ3v) is 3.70. The lowest BCUT2D eigenvalue weighted by atomic mass is 10.0. The average Bonchev–Trinajstić information content (AvgIpc) is 3.10. The lowest BCUT2D eigenvalue weighted by molar-refractivity contribution is 0.411. The van der Waals surface area contributed by atoms with Crippen molar-refractivity contribution in [3.63, 3.8) is 0 Å². The zero-order valence-electron chi connectivity index (χ0n) is 9.37. The summed E-state index contributed by atoms with van der Waals surface area (Å²) < 4.78 is 6.20. The number of nitrogens with one attached hydrogen (secondary N) is 1. The molecule has 1 aromatic carbocycles. The normalized spacial score (nSPS) is 17.2. The second kappa shape index (κ2) is 5.17. The molecule has 0 amide bonds. The molecule has 0 aliphatic heterocycles. The van der Waals surface area contributed by atoms with Gasteiger partial charge in [-0.05, 0) is 58.8 Å². The second-order valence-corrected chi connectivity index (χ2v) is 5.14. The molecule has 0 saturated heterocycles. The maximum Gasteiger partial charge on any atom is 0.133 e. The van der Waals surface area contributed by atoms with Crippen LogP contribution in [0.4, 0.5) is 0 Å². The summed E-state index contributed by atoms with van der Waals surface area (Å²) in [5, 5.41) is 0. The molecule has 1 fully saturated rings. The fourth-order valence-corrected chi connectivity index (χ4v) is 2.54. The van der Waals surface area contributed by atoms with Crippen molar-refractivity contribution in [3.05, 3.63) is 28.2 Å². The minimum Gasteiger partial charge on any atom is -0.496 e. The average molecular weight is 285 g/mol. The summed E-state index contributed by atoms with van der Waals surface area (Å²) in [6.07, 6.45) is 3.57. The highest BCUT2D eigenvalue weighted by Crippen LogP contribution is 2.34. The predicted octanol–water partition coefficient (Wildman–Crippen LogP) is 2.24. The van der Waals surface area contributed by atoms with Gasteiger partial charge in [-0.1, -0.05) is 6.07 Å². The number of rotatable bonds is 5. The molecule has 1 atom stereocenters. The molecule has 1 saturated carbocycles. The maximum absolute atomic E-state index is 5.57. The molecule has 2 rings (SSSR count). The van der Waals surface area contributed by atoms with E-state index in [1.807, 2.05) is 6.07 Å². The molecule has 3 nitrogen and oxygen atoms in total. The molecule has 16 heavy (non-hydrogen) atoms. The minimum atomic E-state index is 0.403. The van der Waals surface area contributed by atoms with Crippen LogP contribution >= 0.6 is 15.9 Å². The van der Waals surface area contributed by atoms with E-state index < -0.39 is 0 Å². The molecule has 0 radical (unpaired) electrons. The molecule has 0 bridgehead atoms. The van der Waals surface area contributed by atoms with Crippen molar-refractivity contribution in [3.8, 4) is 5.75 Å². The molecule has 0 spiro atoms. The van der Waals surface area contributed by atoms with Crippen molar-refractivity contribution < 1.29 is 4.74 Å². The topological polar surface area (TPSA) is 47.3 Å². The van der Waals surface area contributed by atoms with E-state index in [0.717, 1.165) is 22.6 Å². The van der Waals surface area contributed by atoms with Gasteiger partial charge in [0.15, 0.2) is 0 Å². The Hall–Kier alpha value is -0.580. The van der Waals surface area contributed by atoms with Gasteiger partial charge in [0.25, 0.3) is 0 Å². The number of hydrogen-bond acceptors (Lipinski definition) is 3. The highest BCUT2D eigenvalue weighted by molar-refractivity contribution is 9.10. The molecular formula is C12H17BrN2O. The number of ether oxygens (including phenoxy) is 1. The van der Waals surface area contributed by atoms with Crippen LogP contribution in [0.5, 0.6) is 5.75 Å². The van der Waals surface area contributed by atoms with Crippen LogP contribution in [0.2, 0.25) is 0 Å². The Bertz CT molecular complexity index is 366. The third-order valence-electron chi connectivity index (χ3n) is 3.08. The second-order valence-electron chi connectivity index (χ2n) is 4.28. The summed E-state index contributed by atoms with van der Waals surface area (Å²) in [7, 11) is 1.67. The molecule has 1 aromatic rings. The van der Waals surface area contributed by atoms with Crippen LogP contribution in [0, 0.1) is 5.92 Å². The first-order chi connectivity index (χ1) is 7.74. The van der Waals surface area contributed by atoms with E-state index in [1.165, 1.54) is 18.4 Å². The molecule has 3 N–H and O–H groups in total. The van der Waals surface area contributed by atoms with E-state index in [0.29, 0.717) is 6.04 Å². The van der Waals surface area contributed by atoms with E-state index in [4.69, 9.17) is 10.6 Å². The van der Waals surface area contributed by atoms with Crippen LogP contribution in [-0.2, 0) is 6.42 Å². The van der Waals surface area contributed by atoms with Gasteiger partial charge in [-0.15, -0.1) is 0 Å². The van der Waals surface area contributed by atoms with Crippen LogP contribution in [0.3, 0.4) is 0 Å². The van der Waals surface area contributed by atoms with E-state index in [2.05, 4.69) is 33.5 Å². The number of methoxy groups -OCH3 is 1. The Morgan fingerprint density at radius 1 is 1.56 bits per heavy atom. The molecule has 1 aliphatic rings. The first-order valence-electron chi connectivity index (χ1n) is 5.53. The van der Waals surface area contributed by atoms with E-state index in [9.17, 15) is 0 Å². The Kier molecular flexibility index (Phi) is 3.84. The number of benzene rings is 1. The molecule has 1 unspecified atom stereocenters. The number of halogens is 1. The largest absolute Gasteiger partial charge is 0.496 e. The van der Waals surface area contributed by atoms with Crippen molar-refractivity contribution in [2.45, 2.75) is 25.3 Å². The number of nitrogens with two attached hydrogens (primary N) is 1. The van der Waals surface area contributed by atoms with Gasteiger partial charge in [0, 0.05) is 6.04 Å². The quantitative estimate of drug-likeness (QED) is 0.644. The zero-order chi connectivity index (χ0) is 11.5. The van der Waals surface area contributed by atoms with Crippen molar-refractivity contribution in [1.29, 1.82) is 0 Å². The molecule has 1 aliphatic carbocycles. The summed E-state index contributed by atoms with van der Waals surface area (Å²) in [6.45, 7) is 0. The van der Waals surface area contributed by atoms with Gasteiger partial charge < -0.3 is 4.74 Å². The summed E-state index contributed by atoms with van der Waals surface area (Å²) in [6, 6.07) is 6.59. The lowest BCUT2D eigenvalue weighted by Crippen LogP contribution is -2.38. The maximum atomic E-state index is 5.57. The van der Waals surface area contributed by atoms with Crippen molar-refractivity contribution in [2.24, 2.45) is 11.8 Å². The smallest absolute Gasteiger partial charge is 0.133 e. The number of hydrogen-bond donors (Lipinski definition) is 2. The van der Waals surface area contributed by atoms with Gasteiger partial charge in [0.2, 0.25) is 0 Å². The fourth-order valence-electron chi connectivity index (χ4n) is 1.95. The predicted molar refractivity (Wildman–Crippen MR) is 68.2 cm³/mol. The summed E-state index contributed by atoms with van der Waals surface area (Å²) in [4.78, 5) is 0. The Morgan fingerprint density at radius 2 is 2.31 bits per heavy atom. The van der Waals surface area contributed by atoms with Gasteiger partial charge in [-0.2, -0.15) is 0 Å². The van der Waals surface area contributed by atoms with E-state index >= 15 is 0 Å². The zero-order valence-corrected chi connectivity index (χ0v) is 11.0. The van der Waals surface area contributed by atoms with Gasteiger partial charge >= 0.3 is 0 Å². The van der Waals surface area contributed by atoms with Crippen LogP contribution < -0.4 is 16.0 Å². The monoisotopic (exact) mass is 284 g/mol. The highest BCUT2D eigenvalue weighted by Gasteiger charge is 2.30. The van der Waals surface area contributed by atoms with Crippen molar-refractivity contribution in [1.82, 2.24) is 5.43 Å². The van der Waals surface area contributed by atoms with Crippen LogP contribution in [0.1, 0.15) is 18.4 Å². The standard InChI is InChI=1S/C12H17BrN2O/c1-16-12-5-2-8(6-10(12)13)7-11(15-14)9-3-4-9/h2,5-6,9,11,15H,3-4,7,14H2,1H3. The first-order valence-corrected chi connectivity index (χ1v) is 6.32. The van der Waals surface area contributed by atoms with Gasteiger partial charge in [0.05, 0.1) is 11.6 Å². The van der Waals surface area contributed by atoms with Gasteiger partial charge in [-0.3, -0.25) is 11.3 Å². The number of hydrazine groups is 1. The Morgan fingerprint density at radius 3 is 2.81 bits per heavy atom.